The Morgan fingerprint density at radius 2 is 0.721 bits per heavy atom. The van der Waals surface area contributed by atoms with Crippen molar-refractivity contribution in [2.75, 3.05) is 0 Å². The van der Waals surface area contributed by atoms with Gasteiger partial charge in [-0.05, 0) is 137 Å². The van der Waals surface area contributed by atoms with Gasteiger partial charge in [0.1, 0.15) is 0 Å². The molecule has 0 fully saturated rings. The molecule has 0 aliphatic heterocycles. The zero-order valence-corrected chi connectivity index (χ0v) is 44.4. The van der Waals surface area contributed by atoms with Gasteiger partial charge in [0, 0.05) is 9.52 Å². The highest BCUT2D eigenvalue weighted by atomic mass is 28.5. The molecule has 0 amide bonds. The van der Waals surface area contributed by atoms with Crippen molar-refractivity contribution in [1.29, 1.82) is 0 Å². The van der Waals surface area contributed by atoms with E-state index in [0.29, 0.717) is 9.52 Å². The molecular weight excluding hydrogens is 685 g/mol. The van der Waals surface area contributed by atoms with E-state index in [1.54, 1.807) is 0 Å². The summed E-state index contributed by atoms with van der Waals surface area (Å²) in [5, 5.41) is 0. The van der Waals surface area contributed by atoms with Crippen molar-refractivity contribution in [1.82, 2.24) is 0 Å². The van der Waals surface area contributed by atoms with E-state index in [2.05, 4.69) is 99.0 Å². The van der Waals surface area contributed by atoms with Crippen molar-refractivity contribution in [2.45, 2.75) is 178 Å². The molecule has 0 rings (SSSR count). The van der Waals surface area contributed by atoms with E-state index in [1.165, 1.54) is 6.04 Å². The fourth-order valence-corrected chi connectivity index (χ4v) is 20.5. The summed E-state index contributed by atoms with van der Waals surface area (Å²) in [6, 6.07) is 1.51. The molecule has 0 atom stereocenters. The van der Waals surface area contributed by atoms with E-state index in [-0.39, 0.29) is 0 Å². The van der Waals surface area contributed by atoms with Crippen molar-refractivity contribution in [3.05, 3.63) is 0 Å². The molecule has 15 heteroatoms. The Kier molecular flexibility index (Phi) is 41.7. The number of rotatable bonds is 8. The Morgan fingerprint density at radius 1 is 0.535 bits per heavy atom. The second-order valence-electron chi connectivity index (χ2n) is 16.8. The van der Waals surface area contributed by atoms with E-state index >= 15 is 0 Å². The van der Waals surface area contributed by atoms with Crippen LogP contribution < -0.4 is 0 Å². The van der Waals surface area contributed by atoms with Crippen LogP contribution in [0.15, 0.2) is 0 Å². The number of hydrogen-bond donors (Lipinski definition) is 3. The summed E-state index contributed by atoms with van der Waals surface area (Å²) in [6.45, 7) is 54.4. The maximum Gasteiger partial charge on any atom is 0.311 e. The minimum Gasteiger partial charge on any atom is -0.461 e. The molecule has 0 saturated carbocycles. The van der Waals surface area contributed by atoms with Gasteiger partial charge in [0.25, 0.3) is 0 Å². The molecule has 0 saturated heterocycles. The molecule has 0 heterocycles. The summed E-state index contributed by atoms with van der Waals surface area (Å²) >= 11 is 0. The molecule has 0 radical (unpaired) electrons. The normalized spacial score (nSPS) is 12.3. The highest BCUT2D eigenvalue weighted by Gasteiger charge is 2.35. The van der Waals surface area contributed by atoms with Crippen LogP contribution in [0, 0.1) is 5.92 Å². The first kappa shape index (κ1) is 60.1. The zero-order valence-electron chi connectivity index (χ0n) is 34.7. The zero-order chi connectivity index (χ0) is 37.3. The van der Waals surface area contributed by atoms with Crippen LogP contribution in [0.4, 0.5) is 0 Å². The lowest BCUT2D eigenvalue weighted by Gasteiger charge is -2.35. The van der Waals surface area contributed by atoms with Crippen LogP contribution in [-0.4, -0.2) is 92.1 Å². The van der Waals surface area contributed by atoms with Gasteiger partial charge < -0.3 is 26.7 Å². The third-order valence-electron chi connectivity index (χ3n) is 2.51. The molecule has 0 aromatic carbocycles. The predicted octanol–water partition coefficient (Wildman–Crippen LogP) is 9.11. The molecule has 0 spiro atoms. The van der Waals surface area contributed by atoms with Crippen LogP contribution in [0.3, 0.4) is 0 Å². The maximum absolute atomic E-state index is 8.66. The molecule has 0 bridgehead atoms. The van der Waals surface area contributed by atoms with Gasteiger partial charge in [0.05, 0.1) is 0 Å². The average molecular weight is 774 g/mol. The summed E-state index contributed by atoms with van der Waals surface area (Å²) in [6.07, 6.45) is 0. The third kappa shape index (κ3) is 177. The van der Waals surface area contributed by atoms with Crippen molar-refractivity contribution in [3.8, 4) is 0 Å². The summed E-state index contributed by atoms with van der Waals surface area (Å²) in [4.78, 5) is 26.0. The third-order valence-corrected chi connectivity index (χ3v) is 17.4. The molecule has 6 nitrogen and oxygen atoms in total. The second-order valence-corrected chi connectivity index (χ2v) is 49.5. The Labute approximate surface area is 286 Å². The first-order valence-electron chi connectivity index (χ1n) is 16.5. The molecule has 0 aromatic heterocycles. The number of hydrogen-bond acceptors (Lipinski definition) is 6. The smallest absolute Gasteiger partial charge is 0.311 e. The SMILES string of the molecule is CC.C[SiH2]CC(C)C.C[SiH](C)O[SiH](C)C.C[Si](C)(C)O.C[Si](C)(C)O.C[Si](C)(C)O.C[Si](C)(C)O[Si](C)(C)O[Si](C)(C)C. The van der Waals surface area contributed by atoms with Crippen molar-refractivity contribution >= 4 is 77.7 Å². The van der Waals surface area contributed by atoms with Crippen LogP contribution >= 0.6 is 0 Å². The van der Waals surface area contributed by atoms with E-state index in [1.807, 2.05) is 72.8 Å². The standard InChI is InChI=1S/C8H24O2Si3.C5H14Si.C4H14OSi2.3C3H10OSi.C2H6/c1-11(2,3)9-13(7,8)10-12(4,5)6;1-5(2)4-6-3;1-6(2)5-7(3)4;3*1-5(2,3)4;1-2/h1-8H3;5H,4,6H2,1-3H3;6-7H,1-4H3;3*4H,1-3H3;1-2H3. The average Bonchev–Trinajstić information content (AvgIpc) is 2.54. The van der Waals surface area contributed by atoms with Gasteiger partial charge >= 0.3 is 8.56 Å². The highest BCUT2D eigenvalue weighted by molar-refractivity contribution is 6.87. The van der Waals surface area contributed by atoms with Crippen LogP contribution in [-0.2, 0) is 12.3 Å². The second kappa shape index (κ2) is 29.8. The Balaban J connectivity index is -0.0000000750. The predicted molar refractivity (Wildman–Crippen MR) is 227 cm³/mol. The molecular formula is C28H88O6Si9. The largest absolute Gasteiger partial charge is 0.461 e. The van der Waals surface area contributed by atoms with Gasteiger partial charge in [-0.1, -0.05) is 46.2 Å². The molecule has 43 heavy (non-hydrogen) atoms. The van der Waals surface area contributed by atoms with E-state index < -0.39 is 68.2 Å². The van der Waals surface area contributed by atoms with Gasteiger partial charge in [0.2, 0.25) is 0 Å². The lowest BCUT2D eigenvalue weighted by atomic mass is 10.3. The van der Waals surface area contributed by atoms with Crippen molar-refractivity contribution < 1.29 is 26.7 Å². The molecule has 272 valence electrons. The first-order valence-corrected chi connectivity index (χ1v) is 44.5. The van der Waals surface area contributed by atoms with Crippen LogP contribution in [0.2, 0.25) is 150 Å². The first-order chi connectivity index (χ1) is 18.3. The molecule has 0 unspecified atom stereocenters. The quantitative estimate of drug-likeness (QED) is 0.214. The van der Waals surface area contributed by atoms with Gasteiger partial charge in [-0.15, -0.1) is 0 Å². The molecule has 0 aliphatic rings. The Morgan fingerprint density at radius 3 is 0.767 bits per heavy atom. The fraction of sp³-hybridized carbons (Fsp3) is 1.00. The summed E-state index contributed by atoms with van der Waals surface area (Å²) in [7, 11) is -10.5. The molecule has 0 aromatic rings. The lowest BCUT2D eigenvalue weighted by molar-refractivity contribution is 0.395. The molecule has 0 aliphatic carbocycles. The van der Waals surface area contributed by atoms with Gasteiger partial charge in [-0.3, -0.25) is 0 Å². The monoisotopic (exact) mass is 772 g/mol. The van der Waals surface area contributed by atoms with Gasteiger partial charge in [0.15, 0.2) is 59.7 Å². The summed E-state index contributed by atoms with van der Waals surface area (Å²) < 4.78 is 17.7. The summed E-state index contributed by atoms with van der Waals surface area (Å²) in [5.41, 5.74) is 0. The maximum atomic E-state index is 8.66. The minimum atomic E-state index is -1.85. The van der Waals surface area contributed by atoms with Crippen LogP contribution in [0.25, 0.3) is 0 Å². The lowest BCUT2D eigenvalue weighted by Crippen LogP contribution is -2.50. The topological polar surface area (TPSA) is 88.4 Å². The highest BCUT2D eigenvalue weighted by Crippen LogP contribution is 2.19. The van der Waals surface area contributed by atoms with Gasteiger partial charge in [-0.2, -0.15) is 0 Å². The van der Waals surface area contributed by atoms with E-state index in [4.69, 9.17) is 26.7 Å². The minimum absolute atomic E-state index is 0.367. The van der Waals surface area contributed by atoms with Crippen molar-refractivity contribution in [3.63, 3.8) is 0 Å². The van der Waals surface area contributed by atoms with Crippen LogP contribution in [0.1, 0.15) is 27.7 Å². The van der Waals surface area contributed by atoms with E-state index in [9.17, 15) is 0 Å². The fourth-order valence-electron chi connectivity index (χ4n) is 2.62. The van der Waals surface area contributed by atoms with E-state index in [0.717, 1.165) is 5.92 Å². The Hall–Kier alpha value is 1.71. The molecule has 3 N–H and O–H groups in total. The van der Waals surface area contributed by atoms with Crippen molar-refractivity contribution in [2.24, 2.45) is 5.92 Å². The Bertz CT molecular complexity index is 491. The summed E-state index contributed by atoms with van der Waals surface area (Å²) in [5.74, 6) is 0.960. The van der Waals surface area contributed by atoms with Crippen LogP contribution in [0.5, 0.6) is 0 Å². The van der Waals surface area contributed by atoms with Gasteiger partial charge in [-0.25, -0.2) is 0 Å².